The zero-order chi connectivity index (χ0) is 22.7. The first-order chi connectivity index (χ1) is 15.4. The number of piperazine rings is 1. The molecule has 1 aliphatic heterocycles. The first-order valence-corrected chi connectivity index (χ1v) is 11.9. The molecule has 32 heavy (non-hydrogen) atoms. The van der Waals surface area contributed by atoms with Gasteiger partial charge in [0, 0.05) is 37.9 Å². The summed E-state index contributed by atoms with van der Waals surface area (Å²) in [6.07, 6.45) is 4.61. The van der Waals surface area contributed by atoms with E-state index in [-0.39, 0.29) is 17.9 Å². The zero-order valence-electron chi connectivity index (χ0n) is 19.5. The highest BCUT2D eigenvalue weighted by atomic mass is 16.2. The molecule has 2 aliphatic rings. The molecule has 1 atom stereocenters. The molecule has 7 heteroatoms. The molecule has 1 saturated carbocycles. The normalized spacial score (nSPS) is 18.7. The second-order valence-electron chi connectivity index (χ2n) is 9.18. The third-order valence-corrected chi connectivity index (χ3v) is 7.00. The quantitative estimate of drug-likeness (QED) is 0.754. The lowest BCUT2D eigenvalue weighted by molar-refractivity contribution is -0.127. The van der Waals surface area contributed by atoms with Gasteiger partial charge in [0.1, 0.15) is 0 Å². The third-order valence-electron chi connectivity index (χ3n) is 7.00. The van der Waals surface area contributed by atoms with Crippen molar-refractivity contribution in [1.29, 1.82) is 0 Å². The van der Waals surface area contributed by atoms with Gasteiger partial charge in [-0.2, -0.15) is 5.10 Å². The fourth-order valence-electron chi connectivity index (χ4n) is 4.94. The Morgan fingerprint density at radius 1 is 1.06 bits per heavy atom. The van der Waals surface area contributed by atoms with Crippen LogP contribution in [0.5, 0.6) is 0 Å². The van der Waals surface area contributed by atoms with E-state index in [1.165, 1.54) is 12.8 Å². The molecule has 1 N–H and O–H groups in total. The largest absolute Gasteiger partial charge is 0.352 e. The topological polar surface area (TPSA) is 70.5 Å². The smallest absolute Gasteiger partial charge is 0.257 e. The van der Waals surface area contributed by atoms with Crippen molar-refractivity contribution in [3.05, 3.63) is 52.8 Å². The second-order valence-corrected chi connectivity index (χ2v) is 9.18. The van der Waals surface area contributed by atoms with E-state index >= 15 is 0 Å². The van der Waals surface area contributed by atoms with Gasteiger partial charge in [-0.15, -0.1) is 0 Å². The Kier molecular flexibility index (Phi) is 6.94. The van der Waals surface area contributed by atoms with Gasteiger partial charge in [0.25, 0.3) is 5.91 Å². The highest BCUT2D eigenvalue weighted by Crippen LogP contribution is 2.20. The summed E-state index contributed by atoms with van der Waals surface area (Å²) in [6.45, 7) is 9.19. The Hall–Kier alpha value is -2.67. The monoisotopic (exact) mass is 437 g/mol. The minimum absolute atomic E-state index is 0.0435. The van der Waals surface area contributed by atoms with Crippen LogP contribution in [0.3, 0.4) is 0 Å². The van der Waals surface area contributed by atoms with E-state index in [0.29, 0.717) is 44.3 Å². The second kappa shape index (κ2) is 9.86. The van der Waals surface area contributed by atoms with Gasteiger partial charge in [-0.3, -0.25) is 19.2 Å². The average Bonchev–Trinajstić information content (AvgIpc) is 3.41. The van der Waals surface area contributed by atoms with Gasteiger partial charge in [-0.1, -0.05) is 43.2 Å². The van der Waals surface area contributed by atoms with Gasteiger partial charge in [0.2, 0.25) is 5.91 Å². The van der Waals surface area contributed by atoms with Crippen LogP contribution in [0.2, 0.25) is 0 Å². The number of nitrogens with zero attached hydrogens (tertiary/aromatic N) is 4. The minimum atomic E-state index is -0.162. The van der Waals surface area contributed by atoms with Crippen LogP contribution in [-0.4, -0.2) is 69.7 Å². The van der Waals surface area contributed by atoms with Crippen LogP contribution in [0, 0.1) is 13.8 Å². The van der Waals surface area contributed by atoms with Gasteiger partial charge in [-0.05, 0) is 39.2 Å². The van der Waals surface area contributed by atoms with Crippen LogP contribution in [0.1, 0.15) is 59.9 Å². The van der Waals surface area contributed by atoms with Gasteiger partial charge >= 0.3 is 0 Å². The minimum Gasteiger partial charge on any atom is -0.352 e. The highest BCUT2D eigenvalue weighted by Gasteiger charge is 2.31. The van der Waals surface area contributed by atoms with E-state index in [1.54, 1.807) is 0 Å². The summed E-state index contributed by atoms with van der Waals surface area (Å²) in [7, 11) is 0. The summed E-state index contributed by atoms with van der Waals surface area (Å²) in [4.78, 5) is 30.0. The Morgan fingerprint density at radius 2 is 1.72 bits per heavy atom. The number of hydrogen-bond donors (Lipinski definition) is 1. The first kappa shape index (κ1) is 22.5. The molecular weight excluding hydrogens is 402 g/mol. The van der Waals surface area contributed by atoms with Gasteiger partial charge in [0.15, 0.2) is 0 Å². The van der Waals surface area contributed by atoms with E-state index in [1.807, 2.05) is 48.6 Å². The maximum Gasteiger partial charge on any atom is 0.257 e. The lowest BCUT2D eigenvalue weighted by Crippen LogP contribution is -2.55. The summed E-state index contributed by atoms with van der Waals surface area (Å²) < 4.78 is 1.92. The highest BCUT2D eigenvalue weighted by molar-refractivity contribution is 5.96. The van der Waals surface area contributed by atoms with E-state index in [0.717, 1.165) is 29.8 Å². The van der Waals surface area contributed by atoms with Crippen molar-refractivity contribution in [1.82, 2.24) is 24.9 Å². The molecule has 4 rings (SSSR count). The van der Waals surface area contributed by atoms with Crippen LogP contribution in [-0.2, 0) is 11.3 Å². The number of carbonyl (C=O) groups excluding carboxylic acids is 2. The summed E-state index contributed by atoms with van der Waals surface area (Å²) in [5, 5.41) is 7.84. The van der Waals surface area contributed by atoms with Gasteiger partial charge in [-0.25, -0.2) is 0 Å². The number of aryl methyl sites for hydroxylation is 1. The number of amides is 2. The molecular formula is C25H35N5O2. The maximum atomic E-state index is 13.3. The number of aromatic nitrogens is 2. The molecule has 7 nitrogen and oxygen atoms in total. The van der Waals surface area contributed by atoms with Crippen molar-refractivity contribution >= 4 is 11.8 Å². The molecule has 2 amide bonds. The zero-order valence-corrected chi connectivity index (χ0v) is 19.5. The predicted molar refractivity (Wildman–Crippen MR) is 125 cm³/mol. The van der Waals surface area contributed by atoms with Crippen molar-refractivity contribution in [3.8, 4) is 0 Å². The molecule has 0 bridgehead atoms. The standard InChI is InChI=1S/C25H35N5O2/c1-18-23(19(2)30(27-18)17-21-9-5-4-6-10-21)25(32)29-15-13-28(14-16-29)20(3)24(31)26-22-11-7-8-12-22/h4-6,9-10,20,22H,7-8,11-17H2,1-3H3,(H,26,31). The van der Waals surface area contributed by atoms with Crippen molar-refractivity contribution in [3.63, 3.8) is 0 Å². The fraction of sp³-hybridized carbons (Fsp3) is 0.560. The number of carbonyl (C=O) groups is 2. The molecule has 1 aliphatic carbocycles. The first-order valence-electron chi connectivity index (χ1n) is 11.9. The Bertz CT molecular complexity index is 941. The lowest BCUT2D eigenvalue weighted by atomic mass is 10.1. The van der Waals surface area contributed by atoms with Crippen molar-refractivity contribution in [2.24, 2.45) is 0 Å². The molecule has 1 aromatic carbocycles. The lowest BCUT2D eigenvalue weighted by Gasteiger charge is -2.37. The van der Waals surface area contributed by atoms with Crippen LogP contribution in [0.25, 0.3) is 0 Å². The predicted octanol–water partition coefficient (Wildman–Crippen LogP) is 2.75. The van der Waals surface area contributed by atoms with Crippen LogP contribution in [0.15, 0.2) is 30.3 Å². The van der Waals surface area contributed by atoms with Crippen LogP contribution >= 0.6 is 0 Å². The number of benzene rings is 1. The van der Waals surface area contributed by atoms with E-state index < -0.39 is 0 Å². The summed E-state index contributed by atoms with van der Waals surface area (Å²) in [5.74, 6) is 0.160. The summed E-state index contributed by atoms with van der Waals surface area (Å²) in [6, 6.07) is 10.3. The van der Waals surface area contributed by atoms with E-state index in [9.17, 15) is 9.59 Å². The SMILES string of the molecule is Cc1nn(Cc2ccccc2)c(C)c1C(=O)N1CCN(C(C)C(=O)NC2CCCC2)CC1. The number of rotatable bonds is 6. The van der Waals surface area contributed by atoms with Gasteiger partial charge < -0.3 is 10.2 Å². The van der Waals surface area contributed by atoms with Crippen molar-refractivity contribution < 1.29 is 9.59 Å². The van der Waals surface area contributed by atoms with Crippen LogP contribution in [0.4, 0.5) is 0 Å². The molecule has 1 unspecified atom stereocenters. The van der Waals surface area contributed by atoms with E-state index in [4.69, 9.17) is 0 Å². The molecule has 0 spiro atoms. The number of hydrogen-bond acceptors (Lipinski definition) is 4. The average molecular weight is 438 g/mol. The fourth-order valence-corrected chi connectivity index (χ4v) is 4.94. The molecule has 2 fully saturated rings. The Balaban J connectivity index is 1.35. The maximum absolute atomic E-state index is 13.3. The molecule has 0 radical (unpaired) electrons. The molecule has 2 heterocycles. The Morgan fingerprint density at radius 3 is 2.38 bits per heavy atom. The van der Waals surface area contributed by atoms with E-state index in [2.05, 4.69) is 27.4 Å². The van der Waals surface area contributed by atoms with Crippen molar-refractivity contribution in [2.45, 2.75) is 65.1 Å². The molecule has 172 valence electrons. The third kappa shape index (κ3) is 4.88. The van der Waals surface area contributed by atoms with Crippen molar-refractivity contribution in [2.75, 3.05) is 26.2 Å². The summed E-state index contributed by atoms with van der Waals surface area (Å²) >= 11 is 0. The number of nitrogens with one attached hydrogen (secondary N) is 1. The van der Waals surface area contributed by atoms with Gasteiger partial charge in [0.05, 0.1) is 23.8 Å². The summed E-state index contributed by atoms with van der Waals surface area (Å²) in [5.41, 5.74) is 3.55. The van der Waals surface area contributed by atoms with Crippen LogP contribution < -0.4 is 5.32 Å². The molecule has 2 aromatic rings. The molecule has 1 aromatic heterocycles. The molecule has 1 saturated heterocycles. The Labute approximate surface area is 190 Å².